The van der Waals surface area contributed by atoms with Crippen LogP contribution in [0, 0.1) is 5.92 Å². The number of anilines is 1. The van der Waals surface area contributed by atoms with Gasteiger partial charge in [-0.1, -0.05) is 0 Å². The first-order chi connectivity index (χ1) is 9.11. The molecule has 19 heavy (non-hydrogen) atoms. The van der Waals surface area contributed by atoms with Gasteiger partial charge in [0.2, 0.25) is 0 Å². The molecule has 0 atom stereocenters. The lowest BCUT2D eigenvalue weighted by Gasteiger charge is -2.28. The van der Waals surface area contributed by atoms with E-state index in [0.717, 1.165) is 25.7 Å². The summed E-state index contributed by atoms with van der Waals surface area (Å²) in [7, 11) is 0. The molecule has 1 aromatic rings. The van der Waals surface area contributed by atoms with Crippen LogP contribution in [-0.2, 0) is 9.53 Å². The number of nitrogens with zero attached hydrogens (tertiary/aromatic N) is 2. The average Bonchev–Trinajstić information content (AvgIpc) is 2.39. The summed E-state index contributed by atoms with van der Waals surface area (Å²) in [6.07, 6.45) is 4.75. The third kappa shape index (κ3) is 3.13. The van der Waals surface area contributed by atoms with E-state index in [9.17, 15) is 9.59 Å². The average molecular weight is 265 g/mol. The highest BCUT2D eigenvalue weighted by atomic mass is 16.5. The molecule has 0 spiro atoms. The summed E-state index contributed by atoms with van der Waals surface area (Å²) in [5.74, 6) is 0.0823. The number of carbonyl (C=O) groups excluding carboxylic acids is 1. The minimum absolute atomic E-state index is 0.0337. The first kappa shape index (κ1) is 13.6. The van der Waals surface area contributed by atoms with E-state index < -0.39 is 0 Å². The van der Waals surface area contributed by atoms with Crippen LogP contribution >= 0.6 is 0 Å². The SMILES string of the molecule is CCOC(=O)C1CCC(n2ccc(N)nc2=O)CC1. The quantitative estimate of drug-likeness (QED) is 0.827. The highest BCUT2D eigenvalue weighted by Gasteiger charge is 2.28. The van der Waals surface area contributed by atoms with Gasteiger partial charge in [0.15, 0.2) is 0 Å². The van der Waals surface area contributed by atoms with Crippen LogP contribution < -0.4 is 11.4 Å². The number of esters is 1. The summed E-state index contributed by atoms with van der Waals surface area (Å²) in [4.78, 5) is 27.1. The Bertz CT molecular complexity index is 504. The zero-order valence-electron chi connectivity index (χ0n) is 11.0. The zero-order valence-corrected chi connectivity index (χ0v) is 11.0. The Kier molecular flexibility index (Phi) is 4.19. The van der Waals surface area contributed by atoms with E-state index >= 15 is 0 Å². The molecule has 2 rings (SSSR count). The maximum atomic E-state index is 11.7. The number of nitrogen functional groups attached to an aromatic ring is 1. The zero-order chi connectivity index (χ0) is 13.8. The number of aromatic nitrogens is 2. The van der Waals surface area contributed by atoms with Crippen LogP contribution in [0.2, 0.25) is 0 Å². The Morgan fingerprint density at radius 3 is 2.74 bits per heavy atom. The standard InChI is InChI=1S/C13H19N3O3/c1-2-19-12(17)9-3-5-10(6-4-9)16-8-7-11(14)15-13(16)18/h7-10H,2-6H2,1H3,(H2,14,15,18). The Morgan fingerprint density at radius 2 is 2.16 bits per heavy atom. The van der Waals surface area contributed by atoms with Gasteiger partial charge in [0.05, 0.1) is 12.5 Å². The molecule has 2 N–H and O–H groups in total. The lowest BCUT2D eigenvalue weighted by atomic mass is 9.86. The number of hydrogen-bond donors (Lipinski definition) is 1. The minimum atomic E-state index is -0.320. The van der Waals surface area contributed by atoms with Crippen molar-refractivity contribution in [3.8, 4) is 0 Å². The Hall–Kier alpha value is -1.85. The molecule has 0 saturated heterocycles. The molecule has 6 heteroatoms. The summed E-state index contributed by atoms with van der Waals surface area (Å²) in [6, 6.07) is 1.73. The predicted octanol–water partition coefficient (Wildman–Crippen LogP) is 1.12. The van der Waals surface area contributed by atoms with Crippen molar-refractivity contribution in [1.29, 1.82) is 0 Å². The fraction of sp³-hybridized carbons (Fsp3) is 0.615. The van der Waals surface area contributed by atoms with Crippen LogP contribution in [0.15, 0.2) is 17.1 Å². The molecule has 1 aliphatic carbocycles. The second-order valence-corrected chi connectivity index (χ2v) is 4.80. The highest BCUT2D eigenvalue weighted by Crippen LogP contribution is 2.31. The fourth-order valence-corrected chi connectivity index (χ4v) is 2.55. The largest absolute Gasteiger partial charge is 0.466 e. The van der Waals surface area contributed by atoms with Crippen LogP contribution in [0.5, 0.6) is 0 Å². The molecule has 0 amide bonds. The van der Waals surface area contributed by atoms with Crippen molar-refractivity contribution >= 4 is 11.8 Å². The van der Waals surface area contributed by atoms with Crippen LogP contribution in [0.4, 0.5) is 5.82 Å². The molecule has 0 aliphatic heterocycles. The van der Waals surface area contributed by atoms with E-state index in [2.05, 4.69) is 4.98 Å². The second kappa shape index (κ2) is 5.86. The number of hydrogen-bond acceptors (Lipinski definition) is 5. The molecule has 1 aromatic heterocycles. The number of carbonyl (C=O) groups is 1. The summed E-state index contributed by atoms with van der Waals surface area (Å²) in [6.45, 7) is 2.23. The predicted molar refractivity (Wildman–Crippen MR) is 70.5 cm³/mol. The van der Waals surface area contributed by atoms with E-state index in [1.807, 2.05) is 6.92 Å². The Morgan fingerprint density at radius 1 is 1.47 bits per heavy atom. The van der Waals surface area contributed by atoms with Gasteiger partial charge in [0, 0.05) is 12.2 Å². The molecule has 104 valence electrons. The first-order valence-corrected chi connectivity index (χ1v) is 6.63. The van der Waals surface area contributed by atoms with Crippen molar-refractivity contribution in [3.05, 3.63) is 22.7 Å². The number of rotatable bonds is 3. The number of nitrogens with two attached hydrogens (primary N) is 1. The lowest BCUT2D eigenvalue weighted by Crippen LogP contribution is -2.31. The fourth-order valence-electron chi connectivity index (χ4n) is 2.55. The topological polar surface area (TPSA) is 87.2 Å². The van der Waals surface area contributed by atoms with Gasteiger partial charge in [0.25, 0.3) is 0 Å². The molecule has 0 unspecified atom stereocenters. The van der Waals surface area contributed by atoms with E-state index in [1.54, 1.807) is 16.8 Å². The van der Waals surface area contributed by atoms with Gasteiger partial charge in [-0.3, -0.25) is 9.36 Å². The van der Waals surface area contributed by atoms with E-state index in [-0.39, 0.29) is 29.4 Å². The van der Waals surface area contributed by atoms with Crippen LogP contribution in [0.25, 0.3) is 0 Å². The third-order valence-electron chi connectivity index (χ3n) is 3.56. The van der Waals surface area contributed by atoms with E-state index in [1.165, 1.54) is 0 Å². The van der Waals surface area contributed by atoms with Crippen molar-refractivity contribution in [2.24, 2.45) is 5.92 Å². The molecule has 0 radical (unpaired) electrons. The van der Waals surface area contributed by atoms with E-state index in [4.69, 9.17) is 10.5 Å². The van der Waals surface area contributed by atoms with Crippen molar-refractivity contribution in [1.82, 2.24) is 9.55 Å². The molecular weight excluding hydrogens is 246 g/mol. The third-order valence-corrected chi connectivity index (χ3v) is 3.56. The summed E-state index contributed by atoms with van der Waals surface area (Å²) < 4.78 is 6.63. The van der Waals surface area contributed by atoms with Gasteiger partial charge in [-0.2, -0.15) is 4.98 Å². The van der Waals surface area contributed by atoms with Crippen molar-refractivity contribution in [3.63, 3.8) is 0 Å². The van der Waals surface area contributed by atoms with Crippen LogP contribution in [0.3, 0.4) is 0 Å². The van der Waals surface area contributed by atoms with Crippen molar-refractivity contribution < 1.29 is 9.53 Å². The van der Waals surface area contributed by atoms with E-state index in [0.29, 0.717) is 6.61 Å². The number of ether oxygens (including phenoxy) is 1. The van der Waals surface area contributed by atoms with Crippen molar-refractivity contribution in [2.45, 2.75) is 38.6 Å². The maximum Gasteiger partial charge on any atom is 0.349 e. The molecule has 0 aromatic carbocycles. The minimum Gasteiger partial charge on any atom is -0.466 e. The highest BCUT2D eigenvalue weighted by molar-refractivity contribution is 5.72. The first-order valence-electron chi connectivity index (χ1n) is 6.63. The van der Waals surface area contributed by atoms with Crippen LogP contribution in [0.1, 0.15) is 38.6 Å². The summed E-state index contributed by atoms with van der Waals surface area (Å²) in [5.41, 5.74) is 5.15. The second-order valence-electron chi connectivity index (χ2n) is 4.80. The summed E-state index contributed by atoms with van der Waals surface area (Å²) in [5, 5.41) is 0. The van der Waals surface area contributed by atoms with Crippen LogP contribution in [-0.4, -0.2) is 22.1 Å². The summed E-state index contributed by atoms with van der Waals surface area (Å²) >= 11 is 0. The van der Waals surface area contributed by atoms with Gasteiger partial charge in [-0.25, -0.2) is 4.79 Å². The molecule has 6 nitrogen and oxygen atoms in total. The lowest BCUT2D eigenvalue weighted by molar-refractivity contribution is -0.149. The van der Waals surface area contributed by atoms with Gasteiger partial charge < -0.3 is 10.5 Å². The molecule has 1 heterocycles. The molecule has 1 aliphatic rings. The Balaban J connectivity index is 2.00. The molecule has 0 bridgehead atoms. The van der Waals surface area contributed by atoms with Gasteiger partial charge >= 0.3 is 11.7 Å². The Labute approximate surface area is 111 Å². The van der Waals surface area contributed by atoms with Gasteiger partial charge in [0.1, 0.15) is 5.82 Å². The molecule has 1 saturated carbocycles. The molecular formula is C13H19N3O3. The smallest absolute Gasteiger partial charge is 0.349 e. The molecule has 1 fully saturated rings. The van der Waals surface area contributed by atoms with Gasteiger partial charge in [-0.05, 0) is 38.7 Å². The van der Waals surface area contributed by atoms with Gasteiger partial charge in [-0.15, -0.1) is 0 Å². The van der Waals surface area contributed by atoms with Crippen molar-refractivity contribution in [2.75, 3.05) is 12.3 Å². The maximum absolute atomic E-state index is 11.7. The monoisotopic (exact) mass is 265 g/mol. The normalized spacial score (nSPS) is 23.0.